The van der Waals surface area contributed by atoms with Crippen molar-refractivity contribution in [3.05, 3.63) is 77.7 Å². The Morgan fingerprint density at radius 3 is 2.03 bits per heavy atom. The van der Waals surface area contributed by atoms with Crippen LogP contribution in [-0.2, 0) is 0 Å². The molecule has 0 atom stereocenters. The summed E-state index contributed by atoms with van der Waals surface area (Å²) in [5.74, 6) is 1.26. The van der Waals surface area contributed by atoms with E-state index >= 15 is 0 Å². The van der Waals surface area contributed by atoms with Crippen molar-refractivity contribution >= 4 is 23.3 Å². The second-order valence-corrected chi connectivity index (χ2v) is 10.2. The maximum atomic E-state index is 7.72. The molecule has 2 aliphatic heterocycles. The van der Waals surface area contributed by atoms with E-state index in [4.69, 9.17) is 27.3 Å². The molecule has 0 unspecified atom stereocenters. The third kappa shape index (κ3) is 5.92. The van der Waals surface area contributed by atoms with Gasteiger partial charge in [-0.3, -0.25) is 10.8 Å². The van der Waals surface area contributed by atoms with Gasteiger partial charge in [-0.25, -0.2) is 4.98 Å². The third-order valence-electron chi connectivity index (χ3n) is 7.96. The van der Waals surface area contributed by atoms with E-state index in [9.17, 15) is 0 Å². The summed E-state index contributed by atoms with van der Waals surface area (Å²) in [6, 6.07) is 12.9. The van der Waals surface area contributed by atoms with Crippen LogP contribution in [0.25, 0.3) is 16.7 Å². The monoisotopic (exact) mass is 525 g/mol. The first-order valence-corrected chi connectivity index (χ1v) is 13.8. The van der Waals surface area contributed by atoms with Crippen molar-refractivity contribution in [2.24, 2.45) is 11.5 Å². The normalized spacial score (nSPS) is 18.2. The van der Waals surface area contributed by atoms with Crippen molar-refractivity contribution in [1.29, 1.82) is 10.8 Å². The van der Waals surface area contributed by atoms with E-state index in [2.05, 4.69) is 71.3 Å². The topological polar surface area (TPSA) is 126 Å². The average molecular weight is 526 g/mol. The minimum Gasteiger partial charge on any atom is -0.370 e. The number of aromatic nitrogens is 1. The van der Waals surface area contributed by atoms with E-state index in [0.717, 1.165) is 82.1 Å². The first kappa shape index (κ1) is 26.3. The van der Waals surface area contributed by atoms with Gasteiger partial charge >= 0.3 is 0 Å². The number of hydrogen-bond acceptors (Lipinski definition) is 5. The summed E-state index contributed by atoms with van der Waals surface area (Å²) in [4.78, 5) is 13.3. The number of piperazine rings is 2. The van der Waals surface area contributed by atoms with Crippen LogP contribution >= 0.6 is 0 Å². The Kier molecular flexibility index (Phi) is 7.86. The van der Waals surface area contributed by atoms with E-state index in [1.54, 1.807) is 0 Å². The fourth-order valence-electron chi connectivity index (χ4n) is 5.55. The zero-order chi connectivity index (χ0) is 27.4. The van der Waals surface area contributed by atoms with Gasteiger partial charge in [-0.05, 0) is 59.4 Å². The van der Waals surface area contributed by atoms with Gasteiger partial charge in [0.2, 0.25) is 0 Å². The lowest BCUT2D eigenvalue weighted by Gasteiger charge is -2.37. The number of nitrogens with two attached hydrogens (primary N) is 2. The van der Waals surface area contributed by atoms with Crippen molar-refractivity contribution in [3.8, 4) is 11.1 Å². The molecule has 2 aromatic rings. The molecular formula is C30H39N9. The van der Waals surface area contributed by atoms with E-state index in [1.165, 1.54) is 22.4 Å². The maximum Gasteiger partial charge on any atom is 0.188 e. The summed E-state index contributed by atoms with van der Waals surface area (Å²) in [5, 5.41) is 15.3. The molecule has 6 N–H and O–H groups in total. The van der Waals surface area contributed by atoms with E-state index in [-0.39, 0.29) is 11.9 Å². The minimum atomic E-state index is 0.141. The van der Waals surface area contributed by atoms with Crippen molar-refractivity contribution in [2.75, 3.05) is 57.3 Å². The summed E-state index contributed by atoms with van der Waals surface area (Å²) >= 11 is 0. The zero-order valence-electron chi connectivity index (χ0n) is 22.7. The summed E-state index contributed by atoms with van der Waals surface area (Å²) < 4.78 is 0. The van der Waals surface area contributed by atoms with Crippen LogP contribution in [0.2, 0.25) is 0 Å². The summed E-state index contributed by atoms with van der Waals surface area (Å²) in [6.07, 6.45) is 10.8. The van der Waals surface area contributed by atoms with Crippen molar-refractivity contribution in [1.82, 2.24) is 19.7 Å². The van der Waals surface area contributed by atoms with Gasteiger partial charge in [-0.1, -0.05) is 37.3 Å². The molecule has 3 heterocycles. The Labute approximate surface area is 231 Å². The number of benzene rings is 1. The Morgan fingerprint density at radius 2 is 1.44 bits per heavy atom. The van der Waals surface area contributed by atoms with Gasteiger partial charge in [0.1, 0.15) is 5.82 Å². The first-order chi connectivity index (χ1) is 18.9. The zero-order valence-corrected chi connectivity index (χ0v) is 22.7. The van der Waals surface area contributed by atoms with Crippen LogP contribution in [0, 0.1) is 10.8 Å². The number of hydrogen-bond donors (Lipinski definition) is 4. The second kappa shape index (κ2) is 11.6. The Hall–Kier alpha value is -4.27. The Bertz CT molecular complexity index is 1290. The molecule has 3 aliphatic rings. The van der Waals surface area contributed by atoms with Gasteiger partial charge in [0.15, 0.2) is 11.9 Å². The average Bonchev–Trinajstić information content (AvgIpc) is 3.20. The van der Waals surface area contributed by atoms with Gasteiger partial charge in [0, 0.05) is 69.8 Å². The molecular weight excluding hydrogens is 486 g/mol. The number of nitrogens with one attached hydrogen (secondary N) is 2. The van der Waals surface area contributed by atoms with Crippen LogP contribution in [0.5, 0.6) is 0 Å². The number of rotatable bonds is 5. The highest BCUT2D eigenvalue weighted by Gasteiger charge is 2.21. The summed E-state index contributed by atoms with van der Waals surface area (Å²) in [5.41, 5.74) is 18.8. The molecule has 0 saturated carbocycles. The van der Waals surface area contributed by atoms with Crippen LogP contribution in [0.4, 0.5) is 5.82 Å². The molecule has 9 nitrogen and oxygen atoms in total. The smallest absolute Gasteiger partial charge is 0.188 e. The van der Waals surface area contributed by atoms with Crippen molar-refractivity contribution in [3.63, 3.8) is 0 Å². The van der Waals surface area contributed by atoms with E-state index in [1.807, 2.05) is 16.0 Å². The molecule has 0 amide bonds. The quantitative estimate of drug-likeness (QED) is 0.349. The highest BCUT2D eigenvalue weighted by molar-refractivity contribution is 5.79. The van der Waals surface area contributed by atoms with Crippen LogP contribution in [0.3, 0.4) is 0 Å². The number of guanidine groups is 2. The van der Waals surface area contributed by atoms with Gasteiger partial charge < -0.3 is 31.1 Å². The molecule has 5 rings (SSSR count). The Morgan fingerprint density at radius 1 is 0.795 bits per heavy atom. The fourth-order valence-corrected chi connectivity index (χ4v) is 5.55. The number of allylic oxidation sites excluding steroid dienone is 5. The molecule has 39 heavy (non-hydrogen) atoms. The van der Waals surface area contributed by atoms with Gasteiger partial charge in [0.25, 0.3) is 0 Å². The maximum absolute atomic E-state index is 7.72. The van der Waals surface area contributed by atoms with Crippen LogP contribution in [0.1, 0.15) is 25.3 Å². The third-order valence-corrected chi connectivity index (χ3v) is 7.96. The highest BCUT2D eigenvalue weighted by Crippen LogP contribution is 2.30. The SMILES string of the molecule is CCC1=C(N2CCN(C(=N)N)CC2)C=CC(c2cccc(-c3ccc(N4CCN(C(=N)N)CC4)nc3)c2)=CC1. The van der Waals surface area contributed by atoms with Crippen LogP contribution in [-0.4, -0.2) is 84.0 Å². The molecule has 0 bridgehead atoms. The summed E-state index contributed by atoms with van der Waals surface area (Å²) in [6.45, 7) is 8.66. The molecule has 1 aromatic carbocycles. The van der Waals surface area contributed by atoms with Gasteiger partial charge in [-0.15, -0.1) is 0 Å². The molecule has 1 aliphatic carbocycles. The standard InChI is InChI=1S/C30H39N9/c1-2-22-6-7-23(8-10-27(22)36-12-16-38(17-13-36)29(31)32)24-4-3-5-25(20-24)26-9-11-28(35-21-26)37-14-18-39(19-15-37)30(33)34/h3-5,7-11,20-21H,2,6,12-19H2,1H3,(H3,31,32)(H3,33,34). The molecule has 1 aromatic heterocycles. The first-order valence-electron chi connectivity index (χ1n) is 13.8. The lowest BCUT2D eigenvalue weighted by molar-refractivity contribution is 0.222. The number of pyridine rings is 1. The predicted molar refractivity (Wildman–Crippen MR) is 159 cm³/mol. The van der Waals surface area contributed by atoms with Crippen molar-refractivity contribution < 1.29 is 0 Å². The predicted octanol–water partition coefficient (Wildman–Crippen LogP) is 3.28. The van der Waals surface area contributed by atoms with Crippen LogP contribution < -0.4 is 16.4 Å². The van der Waals surface area contributed by atoms with Crippen molar-refractivity contribution in [2.45, 2.75) is 19.8 Å². The highest BCUT2D eigenvalue weighted by atomic mass is 15.3. The molecule has 0 spiro atoms. The van der Waals surface area contributed by atoms with Gasteiger partial charge in [-0.2, -0.15) is 0 Å². The molecule has 9 heteroatoms. The lowest BCUT2D eigenvalue weighted by Crippen LogP contribution is -2.51. The summed E-state index contributed by atoms with van der Waals surface area (Å²) in [7, 11) is 0. The molecule has 2 fully saturated rings. The van der Waals surface area contributed by atoms with E-state index < -0.39 is 0 Å². The molecule has 0 radical (unpaired) electrons. The number of nitrogens with zero attached hydrogens (tertiary/aromatic N) is 5. The molecule has 2 saturated heterocycles. The number of anilines is 1. The molecule has 204 valence electrons. The second-order valence-electron chi connectivity index (χ2n) is 10.2. The fraction of sp³-hybridized carbons (Fsp3) is 0.367. The van der Waals surface area contributed by atoms with Crippen LogP contribution in [0.15, 0.2) is 72.1 Å². The van der Waals surface area contributed by atoms with Gasteiger partial charge in [0.05, 0.1) is 0 Å². The van der Waals surface area contributed by atoms with E-state index in [0.29, 0.717) is 0 Å². The largest absolute Gasteiger partial charge is 0.370 e. The lowest BCUT2D eigenvalue weighted by atomic mass is 9.99. The Balaban J connectivity index is 1.28. The minimum absolute atomic E-state index is 0.141.